The fraction of sp³-hybridized carbons (Fsp3) is 0.217. The molecule has 32 heavy (non-hydrogen) atoms. The SMILES string of the molecule is COc1ccc(-c2cc3cc[nH]c(=O)c3c(Nc3ccc(N4CCOCC4)cc3)n2)nn1. The normalized spacial score (nSPS) is 13.8. The molecule has 9 nitrogen and oxygen atoms in total. The number of ether oxygens (including phenoxy) is 2. The van der Waals surface area contributed by atoms with Gasteiger partial charge < -0.3 is 24.7 Å². The molecule has 0 aliphatic carbocycles. The van der Waals surface area contributed by atoms with E-state index >= 15 is 0 Å². The summed E-state index contributed by atoms with van der Waals surface area (Å²) >= 11 is 0. The van der Waals surface area contributed by atoms with Gasteiger partial charge in [-0.1, -0.05) is 0 Å². The van der Waals surface area contributed by atoms with Crippen molar-refractivity contribution in [1.29, 1.82) is 0 Å². The van der Waals surface area contributed by atoms with Crippen molar-refractivity contribution in [3.8, 4) is 17.3 Å². The molecule has 5 rings (SSSR count). The highest BCUT2D eigenvalue weighted by Gasteiger charge is 2.14. The number of pyridine rings is 2. The largest absolute Gasteiger partial charge is 0.480 e. The molecule has 9 heteroatoms. The van der Waals surface area contributed by atoms with Gasteiger partial charge in [0, 0.05) is 36.7 Å². The highest BCUT2D eigenvalue weighted by atomic mass is 16.5. The zero-order valence-electron chi connectivity index (χ0n) is 17.5. The lowest BCUT2D eigenvalue weighted by atomic mass is 10.1. The Morgan fingerprint density at radius 1 is 1.03 bits per heavy atom. The molecule has 162 valence electrons. The van der Waals surface area contributed by atoms with Crippen LogP contribution in [0.5, 0.6) is 5.88 Å². The molecule has 0 bridgehead atoms. The van der Waals surface area contributed by atoms with E-state index in [1.165, 1.54) is 7.11 Å². The van der Waals surface area contributed by atoms with Crippen molar-refractivity contribution in [3.63, 3.8) is 0 Å². The maximum absolute atomic E-state index is 12.6. The topological polar surface area (TPSA) is 105 Å². The number of aromatic nitrogens is 4. The van der Waals surface area contributed by atoms with Gasteiger partial charge in [-0.05, 0) is 47.9 Å². The number of methoxy groups -OCH3 is 1. The number of hydrogen-bond acceptors (Lipinski definition) is 8. The third-order valence-corrected chi connectivity index (χ3v) is 5.37. The lowest BCUT2D eigenvalue weighted by Gasteiger charge is -2.28. The summed E-state index contributed by atoms with van der Waals surface area (Å²) in [4.78, 5) is 22.3. The Balaban J connectivity index is 1.51. The predicted molar refractivity (Wildman–Crippen MR) is 123 cm³/mol. The molecular formula is C23H22N6O3. The molecule has 0 atom stereocenters. The fourth-order valence-electron chi connectivity index (χ4n) is 3.72. The average molecular weight is 430 g/mol. The van der Waals surface area contributed by atoms with E-state index in [-0.39, 0.29) is 5.56 Å². The third-order valence-electron chi connectivity index (χ3n) is 5.37. The smallest absolute Gasteiger partial charge is 0.259 e. The standard InChI is InChI=1S/C23H22N6O3/c1-31-20-7-6-18(27-28-20)19-14-15-8-9-24-23(30)21(15)22(26-19)25-16-2-4-17(5-3-16)29-10-12-32-13-11-29/h2-9,14H,10-13H2,1H3,(H,24,30)(H,25,26). The molecule has 0 radical (unpaired) electrons. The maximum atomic E-state index is 12.6. The van der Waals surface area contributed by atoms with Gasteiger partial charge in [0.05, 0.1) is 31.4 Å². The van der Waals surface area contributed by atoms with Gasteiger partial charge in [0.25, 0.3) is 5.56 Å². The van der Waals surface area contributed by atoms with Crippen molar-refractivity contribution >= 4 is 28.0 Å². The van der Waals surface area contributed by atoms with Crippen molar-refractivity contribution in [1.82, 2.24) is 20.2 Å². The molecule has 3 aromatic heterocycles. The van der Waals surface area contributed by atoms with Crippen LogP contribution in [0.1, 0.15) is 0 Å². The Bertz CT molecular complexity index is 1280. The van der Waals surface area contributed by atoms with E-state index in [2.05, 4.69) is 37.5 Å². The number of anilines is 3. The number of nitrogens with one attached hydrogen (secondary N) is 2. The van der Waals surface area contributed by atoms with E-state index in [9.17, 15) is 4.79 Å². The highest BCUT2D eigenvalue weighted by Crippen LogP contribution is 2.28. The molecule has 0 unspecified atom stereocenters. The Morgan fingerprint density at radius 3 is 2.56 bits per heavy atom. The molecule has 2 N–H and O–H groups in total. The van der Waals surface area contributed by atoms with E-state index in [0.717, 1.165) is 43.1 Å². The minimum atomic E-state index is -0.213. The van der Waals surface area contributed by atoms with Crippen LogP contribution in [-0.2, 0) is 4.74 Å². The second-order valence-electron chi connectivity index (χ2n) is 7.36. The van der Waals surface area contributed by atoms with Gasteiger partial charge in [0.2, 0.25) is 5.88 Å². The highest BCUT2D eigenvalue weighted by molar-refractivity contribution is 5.94. The number of benzene rings is 1. The molecule has 4 heterocycles. The molecule has 4 aromatic rings. The van der Waals surface area contributed by atoms with Gasteiger partial charge in [0.1, 0.15) is 11.5 Å². The second-order valence-corrected chi connectivity index (χ2v) is 7.36. The summed E-state index contributed by atoms with van der Waals surface area (Å²) in [6, 6.07) is 15.2. The Hall–Kier alpha value is -3.98. The molecule has 1 aliphatic heterocycles. The number of aromatic amines is 1. The van der Waals surface area contributed by atoms with Crippen LogP contribution in [0.15, 0.2) is 59.5 Å². The number of nitrogens with zero attached hydrogens (tertiary/aromatic N) is 4. The summed E-state index contributed by atoms with van der Waals surface area (Å²) in [6.07, 6.45) is 1.62. The zero-order valence-corrected chi connectivity index (χ0v) is 17.5. The second kappa shape index (κ2) is 8.64. The first-order valence-electron chi connectivity index (χ1n) is 10.3. The van der Waals surface area contributed by atoms with Gasteiger partial charge in [-0.2, -0.15) is 0 Å². The summed E-state index contributed by atoms with van der Waals surface area (Å²) in [5, 5.41) is 12.8. The van der Waals surface area contributed by atoms with Crippen molar-refractivity contribution in [3.05, 3.63) is 65.1 Å². The monoisotopic (exact) mass is 430 g/mol. The zero-order chi connectivity index (χ0) is 21.9. The van der Waals surface area contributed by atoms with Crippen LogP contribution >= 0.6 is 0 Å². The number of morpholine rings is 1. The molecule has 0 saturated carbocycles. The van der Waals surface area contributed by atoms with Crippen molar-refractivity contribution in [2.75, 3.05) is 43.6 Å². The number of rotatable bonds is 5. The summed E-state index contributed by atoms with van der Waals surface area (Å²) in [6.45, 7) is 3.22. The van der Waals surface area contributed by atoms with Gasteiger partial charge >= 0.3 is 0 Å². The number of H-pyrrole nitrogens is 1. The van der Waals surface area contributed by atoms with Crippen LogP contribution in [0.25, 0.3) is 22.2 Å². The lowest BCUT2D eigenvalue weighted by molar-refractivity contribution is 0.122. The minimum Gasteiger partial charge on any atom is -0.480 e. The average Bonchev–Trinajstić information content (AvgIpc) is 2.85. The fourth-order valence-corrected chi connectivity index (χ4v) is 3.72. The molecule has 1 saturated heterocycles. The first-order chi connectivity index (χ1) is 15.7. The van der Waals surface area contributed by atoms with Crippen LogP contribution in [0.3, 0.4) is 0 Å². The lowest BCUT2D eigenvalue weighted by Crippen LogP contribution is -2.36. The van der Waals surface area contributed by atoms with Crippen LogP contribution < -0.4 is 20.5 Å². The molecule has 0 spiro atoms. The molecule has 1 aromatic carbocycles. The summed E-state index contributed by atoms with van der Waals surface area (Å²) in [5.41, 5.74) is 2.94. The Kier molecular flexibility index (Phi) is 5.39. The molecular weight excluding hydrogens is 408 g/mol. The summed E-state index contributed by atoms with van der Waals surface area (Å²) in [7, 11) is 1.54. The van der Waals surface area contributed by atoms with E-state index in [1.54, 1.807) is 18.3 Å². The third kappa shape index (κ3) is 3.97. The van der Waals surface area contributed by atoms with Gasteiger partial charge in [0.15, 0.2) is 0 Å². The number of fused-ring (bicyclic) bond motifs is 1. The Morgan fingerprint density at radius 2 is 1.84 bits per heavy atom. The summed E-state index contributed by atoms with van der Waals surface area (Å²) < 4.78 is 10.5. The van der Waals surface area contributed by atoms with Crippen molar-refractivity contribution < 1.29 is 9.47 Å². The number of hydrogen-bond donors (Lipinski definition) is 2. The maximum Gasteiger partial charge on any atom is 0.259 e. The van der Waals surface area contributed by atoms with Crippen molar-refractivity contribution in [2.45, 2.75) is 0 Å². The minimum absolute atomic E-state index is 0.213. The first kappa shape index (κ1) is 20.0. The first-order valence-corrected chi connectivity index (χ1v) is 10.3. The van der Waals surface area contributed by atoms with Gasteiger partial charge in [-0.3, -0.25) is 4.79 Å². The molecule has 1 aliphatic rings. The van der Waals surface area contributed by atoms with Crippen LogP contribution in [0.2, 0.25) is 0 Å². The van der Waals surface area contributed by atoms with Gasteiger partial charge in [-0.25, -0.2) is 4.98 Å². The molecule has 1 fully saturated rings. The predicted octanol–water partition coefficient (Wildman–Crippen LogP) is 2.97. The van der Waals surface area contributed by atoms with Gasteiger partial charge in [-0.15, -0.1) is 10.2 Å². The quantitative estimate of drug-likeness (QED) is 0.498. The van der Waals surface area contributed by atoms with Crippen LogP contribution in [-0.4, -0.2) is 53.6 Å². The summed E-state index contributed by atoms with van der Waals surface area (Å²) in [5.74, 6) is 0.876. The van der Waals surface area contributed by atoms with E-state index < -0.39 is 0 Å². The van der Waals surface area contributed by atoms with E-state index in [4.69, 9.17) is 14.5 Å². The van der Waals surface area contributed by atoms with Crippen molar-refractivity contribution in [2.24, 2.45) is 0 Å². The van der Waals surface area contributed by atoms with Crippen LogP contribution in [0.4, 0.5) is 17.2 Å². The van der Waals surface area contributed by atoms with E-state index in [0.29, 0.717) is 28.5 Å². The molecule has 0 amide bonds. The van der Waals surface area contributed by atoms with Crippen LogP contribution in [0, 0.1) is 0 Å². The Labute approximate surface area is 184 Å². The van der Waals surface area contributed by atoms with E-state index in [1.807, 2.05) is 24.3 Å².